The number of benzene rings is 2. The maximum absolute atomic E-state index is 13.2. The number of rotatable bonds is 7. The van der Waals surface area contributed by atoms with E-state index in [1.807, 2.05) is 62.4 Å². The van der Waals surface area contributed by atoms with Crippen LogP contribution in [0.5, 0.6) is 5.75 Å². The molecule has 0 saturated heterocycles. The molecule has 148 valence electrons. The molecule has 1 N–H and O–H groups in total. The Balaban J connectivity index is 1.77. The first-order chi connectivity index (χ1) is 13.3. The summed E-state index contributed by atoms with van der Waals surface area (Å²) in [5.74, 6) is 1.60. The first kappa shape index (κ1) is 20.2. The molecule has 4 nitrogen and oxygen atoms in total. The summed E-state index contributed by atoms with van der Waals surface area (Å²) < 4.78 is 11.7. The summed E-state index contributed by atoms with van der Waals surface area (Å²) in [6.07, 6.45) is 0. The average molecular weight is 380 g/mol. The van der Waals surface area contributed by atoms with Gasteiger partial charge in [-0.25, -0.2) is 0 Å². The smallest absolute Gasteiger partial charge is 0.197 e. The van der Waals surface area contributed by atoms with Gasteiger partial charge in [0.2, 0.25) is 0 Å². The Morgan fingerprint density at radius 3 is 2.39 bits per heavy atom. The van der Waals surface area contributed by atoms with Crippen LogP contribution in [-0.4, -0.2) is 24.5 Å². The van der Waals surface area contributed by atoms with Crippen molar-refractivity contribution in [3.8, 4) is 5.75 Å². The third-order valence-electron chi connectivity index (χ3n) is 4.52. The number of ketones is 1. The van der Waals surface area contributed by atoms with E-state index >= 15 is 0 Å². The van der Waals surface area contributed by atoms with Crippen LogP contribution in [0, 0.1) is 0 Å². The van der Waals surface area contributed by atoms with Crippen LogP contribution in [-0.2, 0) is 0 Å². The summed E-state index contributed by atoms with van der Waals surface area (Å²) in [5, 5.41) is 4.25. The summed E-state index contributed by atoms with van der Waals surface area (Å²) >= 11 is 0. The number of furan rings is 1. The molecule has 0 saturated carbocycles. The zero-order valence-electron chi connectivity index (χ0n) is 17.3. The highest BCUT2D eigenvalue weighted by molar-refractivity contribution is 6.17. The SMILES string of the molecule is CC(C)c1oc2ccccc2c1C(=O)c1ccc(OCCNC(C)(C)C)cc1. The molecule has 3 rings (SSSR count). The summed E-state index contributed by atoms with van der Waals surface area (Å²) in [6, 6.07) is 15.0. The summed E-state index contributed by atoms with van der Waals surface area (Å²) in [7, 11) is 0. The Labute approximate surface area is 166 Å². The van der Waals surface area contributed by atoms with Crippen molar-refractivity contribution < 1.29 is 13.9 Å². The van der Waals surface area contributed by atoms with E-state index in [0.29, 0.717) is 17.7 Å². The van der Waals surface area contributed by atoms with Crippen molar-refractivity contribution in [2.75, 3.05) is 13.2 Å². The molecule has 0 bridgehead atoms. The molecule has 4 heteroatoms. The number of carbonyl (C=O) groups is 1. The van der Waals surface area contributed by atoms with Gasteiger partial charge in [-0.1, -0.05) is 32.0 Å². The van der Waals surface area contributed by atoms with Crippen molar-refractivity contribution >= 4 is 16.8 Å². The highest BCUT2D eigenvalue weighted by Crippen LogP contribution is 2.32. The van der Waals surface area contributed by atoms with E-state index < -0.39 is 0 Å². The Hall–Kier alpha value is -2.59. The molecule has 0 atom stereocenters. The maximum Gasteiger partial charge on any atom is 0.197 e. The highest BCUT2D eigenvalue weighted by atomic mass is 16.5. The first-order valence-corrected chi connectivity index (χ1v) is 9.80. The van der Waals surface area contributed by atoms with Crippen molar-refractivity contribution in [1.29, 1.82) is 0 Å². The van der Waals surface area contributed by atoms with Crippen molar-refractivity contribution in [1.82, 2.24) is 5.32 Å². The van der Waals surface area contributed by atoms with Gasteiger partial charge in [-0.3, -0.25) is 4.79 Å². The van der Waals surface area contributed by atoms with Gasteiger partial charge >= 0.3 is 0 Å². The Morgan fingerprint density at radius 2 is 1.75 bits per heavy atom. The molecule has 0 aliphatic heterocycles. The number of fused-ring (bicyclic) bond motifs is 1. The lowest BCUT2D eigenvalue weighted by Gasteiger charge is -2.20. The fraction of sp³-hybridized carbons (Fsp3) is 0.375. The maximum atomic E-state index is 13.2. The lowest BCUT2D eigenvalue weighted by atomic mass is 9.96. The van der Waals surface area contributed by atoms with Gasteiger partial charge in [0.05, 0.1) is 5.56 Å². The van der Waals surface area contributed by atoms with E-state index in [1.165, 1.54) is 0 Å². The molecule has 0 unspecified atom stereocenters. The molecule has 1 aromatic heterocycles. The van der Waals surface area contributed by atoms with E-state index in [9.17, 15) is 4.79 Å². The third kappa shape index (κ3) is 4.63. The molecule has 0 spiro atoms. The first-order valence-electron chi connectivity index (χ1n) is 9.80. The standard InChI is InChI=1S/C24H29NO3/c1-16(2)23-21(19-8-6-7-9-20(19)28-23)22(26)17-10-12-18(13-11-17)27-15-14-25-24(3,4)5/h6-13,16,25H,14-15H2,1-5H3. The van der Waals surface area contributed by atoms with Gasteiger partial charge in [-0.05, 0) is 51.1 Å². The zero-order valence-corrected chi connectivity index (χ0v) is 17.3. The number of ether oxygens (including phenoxy) is 1. The minimum Gasteiger partial charge on any atom is -0.492 e. The van der Waals surface area contributed by atoms with E-state index in [4.69, 9.17) is 9.15 Å². The topological polar surface area (TPSA) is 51.5 Å². The average Bonchev–Trinajstić information content (AvgIpc) is 3.04. The van der Waals surface area contributed by atoms with Crippen molar-refractivity contribution in [3.63, 3.8) is 0 Å². The number of hydrogen-bond donors (Lipinski definition) is 1. The number of hydrogen-bond acceptors (Lipinski definition) is 4. The molecule has 0 aliphatic rings. The molecule has 0 aliphatic carbocycles. The van der Waals surface area contributed by atoms with Crippen molar-refractivity contribution in [2.24, 2.45) is 0 Å². The van der Waals surface area contributed by atoms with Crippen LogP contribution in [0.15, 0.2) is 52.9 Å². The predicted octanol–water partition coefficient (Wildman–Crippen LogP) is 5.55. The predicted molar refractivity (Wildman–Crippen MR) is 113 cm³/mol. The van der Waals surface area contributed by atoms with E-state index in [1.54, 1.807) is 0 Å². The van der Waals surface area contributed by atoms with Crippen LogP contribution >= 0.6 is 0 Å². The number of para-hydroxylation sites is 1. The zero-order chi connectivity index (χ0) is 20.3. The quantitative estimate of drug-likeness (QED) is 0.432. The highest BCUT2D eigenvalue weighted by Gasteiger charge is 2.23. The monoisotopic (exact) mass is 379 g/mol. The number of nitrogens with one attached hydrogen (secondary N) is 1. The van der Waals surface area contributed by atoms with Gasteiger partial charge in [0.25, 0.3) is 0 Å². The second-order valence-corrected chi connectivity index (χ2v) is 8.37. The van der Waals surface area contributed by atoms with Crippen LogP contribution < -0.4 is 10.1 Å². The van der Waals surface area contributed by atoms with E-state index in [0.717, 1.165) is 29.0 Å². The molecular formula is C24H29NO3. The summed E-state index contributed by atoms with van der Waals surface area (Å²) in [6.45, 7) is 11.8. The van der Waals surface area contributed by atoms with E-state index in [-0.39, 0.29) is 17.2 Å². The van der Waals surface area contributed by atoms with Gasteiger partial charge in [0.1, 0.15) is 23.7 Å². The number of carbonyl (C=O) groups excluding carboxylic acids is 1. The molecule has 0 fully saturated rings. The van der Waals surface area contributed by atoms with Crippen molar-refractivity contribution in [3.05, 3.63) is 65.4 Å². The lowest BCUT2D eigenvalue weighted by molar-refractivity contribution is 0.103. The largest absolute Gasteiger partial charge is 0.492 e. The molecule has 0 amide bonds. The van der Waals surface area contributed by atoms with Crippen LogP contribution in [0.1, 0.15) is 62.2 Å². The van der Waals surface area contributed by atoms with Gasteiger partial charge in [0, 0.05) is 29.0 Å². The second kappa shape index (κ2) is 8.19. The normalized spacial score (nSPS) is 11.9. The fourth-order valence-corrected chi connectivity index (χ4v) is 3.15. The molecule has 3 aromatic rings. The summed E-state index contributed by atoms with van der Waals surface area (Å²) in [5.41, 5.74) is 2.12. The van der Waals surface area contributed by atoms with E-state index in [2.05, 4.69) is 26.1 Å². The molecule has 0 radical (unpaired) electrons. The van der Waals surface area contributed by atoms with Gasteiger partial charge in [-0.15, -0.1) is 0 Å². The van der Waals surface area contributed by atoms with Crippen LogP contribution in [0.4, 0.5) is 0 Å². The molecule has 1 heterocycles. The fourth-order valence-electron chi connectivity index (χ4n) is 3.15. The summed E-state index contributed by atoms with van der Waals surface area (Å²) in [4.78, 5) is 13.2. The second-order valence-electron chi connectivity index (χ2n) is 8.37. The van der Waals surface area contributed by atoms with Gasteiger partial charge < -0.3 is 14.5 Å². The third-order valence-corrected chi connectivity index (χ3v) is 4.52. The van der Waals surface area contributed by atoms with Crippen LogP contribution in [0.25, 0.3) is 11.0 Å². The minimum absolute atomic E-state index is 0.0189. The Kier molecular flexibility index (Phi) is 5.90. The molecular weight excluding hydrogens is 350 g/mol. The molecule has 28 heavy (non-hydrogen) atoms. The van der Waals surface area contributed by atoms with Gasteiger partial charge in [-0.2, -0.15) is 0 Å². The molecule has 2 aromatic carbocycles. The minimum atomic E-state index is -0.0189. The Morgan fingerprint density at radius 1 is 1.07 bits per heavy atom. The van der Waals surface area contributed by atoms with Crippen LogP contribution in [0.2, 0.25) is 0 Å². The lowest BCUT2D eigenvalue weighted by Crippen LogP contribution is -2.38. The Bertz CT molecular complexity index is 946. The van der Waals surface area contributed by atoms with Crippen molar-refractivity contribution in [2.45, 2.75) is 46.1 Å². The van der Waals surface area contributed by atoms with Gasteiger partial charge in [0.15, 0.2) is 5.78 Å². The van der Waals surface area contributed by atoms with Crippen LogP contribution in [0.3, 0.4) is 0 Å².